The van der Waals surface area contributed by atoms with Gasteiger partial charge in [-0.1, -0.05) is 0 Å². The molecule has 4 nitrogen and oxygen atoms in total. The van der Waals surface area contributed by atoms with Crippen molar-refractivity contribution >= 4 is 33.1 Å². The molecule has 0 radical (unpaired) electrons. The van der Waals surface area contributed by atoms with Crippen molar-refractivity contribution in [1.29, 1.82) is 0 Å². The minimum absolute atomic E-state index is 0.271. The Hall–Kier alpha value is -0.0800. The molecule has 1 aliphatic heterocycles. The second kappa shape index (κ2) is 5.71. The Morgan fingerprint density at radius 1 is 1.53 bits per heavy atom. The van der Waals surface area contributed by atoms with Crippen LogP contribution in [-0.2, 0) is 16.6 Å². The number of hydrogen-bond donors (Lipinski definition) is 2. The summed E-state index contributed by atoms with van der Waals surface area (Å²) in [6, 6.07) is 1.62. The summed E-state index contributed by atoms with van der Waals surface area (Å²) >= 11 is 3.27. The van der Waals surface area contributed by atoms with E-state index >= 15 is 0 Å². The number of nitrogens with two attached hydrogens (primary N) is 1. The molecule has 1 atom stereocenters. The van der Waals surface area contributed by atoms with Crippen LogP contribution in [0.3, 0.4) is 0 Å². The summed E-state index contributed by atoms with van der Waals surface area (Å²) in [5, 5.41) is 1.77. The van der Waals surface area contributed by atoms with Crippen LogP contribution in [0.2, 0.25) is 0 Å². The van der Waals surface area contributed by atoms with E-state index in [2.05, 4.69) is 4.72 Å². The van der Waals surface area contributed by atoms with Gasteiger partial charge in [0.2, 0.25) is 10.0 Å². The van der Waals surface area contributed by atoms with Crippen molar-refractivity contribution in [3.05, 3.63) is 16.3 Å². The predicted molar refractivity (Wildman–Crippen MR) is 72.8 cm³/mol. The van der Waals surface area contributed by atoms with E-state index in [0.29, 0.717) is 17.4 Å². The highest BCUT2D eigenvalue weighted by molar-refractivity contribution is 7.99. The molecule has 0 aromatic carbocycles. The van der Waals surface area contributed by atoms with Gasteiger partial charge in [-0.3, -0.25) is 0 Å². The molecule has 0 spiro atoms. The average molecular weight is 292 g/mol. The monoisotopic (exact) mass is 292 g/mol. The molecule has 1 aromatic heterocycles. The zero-order valence-electron chi connectivity index (χ0n) is 9.39. The van der Waals surface area contributed by atoms with Gasteiger partial charge >= 0.3 is 0 Å². The van der Waals surface area contributed by atoms with E-state index in [1.807, 2.05) is 11.8 Å². The van der Waals surface area contributed by atoms with Crippen LogP contribution in [-0.4, -0.2) is 26.5 Å². The number of thiophene rings is 1. The van der Waals surface area contributed by atoms with Crippen LogP contribution in [0.25, 0.3) is 0 Å². The number of sulfonamides is 1. The van der Waals surface area contributed by atoms with Gasteiger partial charge in [0.15, 0.2) is 0 Å². The van der Waals surface area contributed by atoms with E-state index in [1.54, 1.807) is 11.4 Å². The molecule has 2 rings (SSSR count). The van der Waals surface area contributed by atoms with E-state index in [0.717, 1.165) is 22.8 Å². The Kier molecular flexibility index (Phi) is 4.48. The highest BCUT2D eigenvalue weighted by Gasteiger charge is 2.22. The molecule has 1 unspecified atom stereocenters. The van der Waals surface area contributed by atoms with Crippen LogP contribution in [0.5, 0.6) is 0 Å². The van der Waals surface area contributed by atoms with Crippen LogP contribution >= 0.6 is 23.1 Å². The zero-order chi connectivity index (χ0) is 12.3. The summed E-state index contributed by atoms with van der Waals surface area (Å²) < 4.78 is 26.8. The molecule has 0 saturated carbocycles. The molecular formula is C10H16N2O2S3. The lowest BCUT2D eigenvalue weighted by Crippen LogP contribution is -2.29. The maximum Gasteiger partial charge on any atom is 0.241 e. The standard InChI is InChI=1S/C10H16N2O2S3/c11-5-9-10(2-4-16-9)17(13,14)12-6-8-1-3-15-7-8/h2,4,8,12H,1,3,5-7,11H2. The van der Waals surface area contributed by atoms with Gasteiger partial charge < -0.3 is 5.73 Å². The molecule has 0 bridgehead atoms. The molecule has 0 aliphatic carbocycles. The fourth-order valence-electron chi connectivity index (χ4n) is 1.77. The Morgan fingerprint density at radius 2 is 2.35 bits per heavy atom. The largest absolute Gasteiger partial charge is 0.326 e. The Labute approximate surface area is 110 Å². The van der Waals surface area contributed by atoms with Gasteiger partial charge in [-0.25, -0.2) is 13.1 Å². The second-order valence-electron chi connectivity index (χ2n) is 3.99. The molecule has 1 fully saturated rings. The molecule has 3 N–H and O–H groups in total. The van der Waals surface area contributed by atoms with Crippen molar-refractivity contribution in [3.8, 4) is 0 Å². The van der Waals surface area contributed by atoms with Gasteiger partial charge in [-0.2, -0.15) is 11.8 Å². The van der Waals surface area contributed by atoms with E-state index in [9.17, 15) is 8.42 Å². The first-order chi connectivity index (χ1) is 8.13. The third-order valence-electron chi connectivity index (χ3n) is 2.77. The van der Waals surface area contributed by atoms with Crippen LogP contribution in [0.15, 0.2) is 16.3 Å². The van der Waals surface area contributed by atoms with Gasteiger partial charge in [0.1, 0.15) is 0 Å². The third kappa shape index (κ3) is 3.23. The van der Waals surface area contributed by atoms with Crippen LogP contribution in [0.1, 0.15) is 11.3 Å². The molecule has 1 aromatic rings. The minimum Gasteiger partial charge on any atom is -0.326 e. The van der Waals surface area contributed by atoms with Crippen LogP contribution in [0, 0.1) is 5.92 Å². The third-order valence-corrected chi connectivity index (χ3v) is 6.58. The number of thioether (sulfide) groups is 1. The molecule has 0 amide bonds. The molecule has 1 aliphatic rings. The van der Waals surface area contributed by atoms with Gasteiger partial charge in [0.25, 0.3) is 0 Å². The van der Waals surface area contributed by atoms with Crippen molar-refractivity contribution in [2.24, 2.45) is 11.7 Å². The molecule has 2 heterocycles. The Morgan fingerprint density at radius 3 is 3.00 bits per heavy atom. The quantitative estimate of drug-likeness (QED) is 0.856. The second-order valence-corrected chi connectivity index (χ2v) is 7.88. The van der Waals surface area contributed by atoms with Crippen LogP contribution < -0.4 is 10.5 Å². The highest BCUT2D eigenvalue weighted by Crippen LogP contribution is 2.24. The maximum atomic E-state index is 12.1. The summed E-state index contributed by atoms with van der Waals surface area (Å²) in [6.45, 7) is 0.808. The average Bonchev–Trinajstić information content (AvgIpc) is 2.97. The molecule has 96 valence electrons. The van der Waals surface area contributed by atoms with Crippen molar-refractivity contribution in [3.63, 3.8) is 0 Å². The summed E-state index contributed by atoms with van der Waals surface area (Å²) in [5.74, 6) is 2.66. The number of hydrogen-bond acceptors (Lipinski definition) is 5. The molecule has 17 heavy (non-hydrogen) atoms. The number of rotatable bonds is 5. The van der Waals surface area contributed by atoms with Crippen molar-refractivity contribution in [2.45, 2.75) is 17.9 Å². The smallest absolute Gasteiger partial charge is 0.241 e. The molecule has 1 saturated heterocycles. The summed E-state index contributed by atoms with van der Waals surface area (Å²) in [5.41, 5.74) is 5.52. The maximum absolute atomic E-state index is 12.1. The van der Waals surface area contributed by atoms with Gasteiger partial charge in [-0.15, -0.1) is 11.3 Å². The summed E-state index contributed by atoms with van der Waals surface area (Å²) in [4.78, 5) is 1.06. The normalized spacial score (nSPS) is 20.9. The summed E-state index contributed by atoms with van der Waals surface area (Å²) in [7, 11) is -3.38. The SMILES string of the molecule is NCc1sccc1S(=O)(=O)NCC1CCSC1. The molecular weight excluding hydrogens is 276 g/mol. The van der Waals surface area contributed by atoms with E-state index in [-0.39, 0.29) is 6.54 Å². The van der Waals surface area contributed by atoms with Crippen LogP contribution in [0.4, 0.5) is 0 Å². The Balaban J connectivity index is 2.03. The lowest BCUT2D eigenvalue weighted by Gasteiger charge is -2.10. The van der Waals surface area contributed by atoms with E-state index < -0.39 is 10.0 Å². The van der Waals surface area contributed by atoms with E-state index in [4.69, 9.17) is 5.73 Å². The van der Waals surface area contributed by atoms with Crippen molar-refractivity contribution < 1.29 is 8.42 Å². The lowest BCUT2D eigenvalue weighted by molar-refractivity contribution is 0.545. The highest BCUT2D eigenvalue weighted by atomic mass is 32.2. The molecule has 7 heteroatoms. The first-order valence-corrected chi connectivity index (χ1v) is 8.99. The predicted octanol–water partition coefficient (Wildman–Crippen LogP) is 1.24. The first-order valence-electron chi connectivity index (χ1n) is 5.47. The van der Waals surface area contributed by atoms with Crippen molar-refractivity contribution in [2.75, 3.05) is 18.1 Å². The lowest BCUT2D eigenvalue weighted by atomic mass is 10.1. The summed E-state index contributed by atoms with van der Waals surface area (Å²) in [6.07, 6.45) is 1.10. The minimum atomic E-state index is -3.38. The zero-order valence-corrected chi connectivity index (χ0v) is 11.8. The van der Waals surface area contributed by atoms with Crippen molar-refractivity contribution in [1.82, 2.24) is 4.72 Å². The number of nitrogens with one attached hydrogen (secondary N) is 1. The van der Waals surface area contributed by atoms with Gasteiger partial charge in [-0.05, 0) is 35.3 Å². The fourth-order valence-corrected chi connectivity index (χ4v) is 5.50. The Bertz CT molecular complexity index is 464. The van der Waals surface area contributed by atoms with Gasteiger partial charge in [0, 0.05) is 18.0 Å². The topological polar surface area (TPSA) is 72.2 Å². The fraction of sp³-hybridized carbons (Fsp3) is 0.600. The van der Waals surface area contributed by atoms with E-state index in [1.165, 1.54) is 11.3 Å². The first kappa shape index (κ1) is 13.4. The van der Waals surface area contributed by atoms with Gasteiger partial charge in [0.05, 0.1) is 4.90 Å².